The third kappa shape index (κ3) is 3.36. The molecule has 2 rings (SSSR count). The molecule has 2 aromatic rings. The lowest BCUT2D eigenvalue weighted by molar-refractivity contribution is -0.138. The van der Waals surface area contributed by atoms with Crippen LogP contribution < -0.4 is 5.32 Å². The van der Waals surface area contributed by atoms with Gasteiger partial charge in [0.05, 0.1) is 0 Å². The van der Waals surface area contributed by atoms with Crippen LogP contribution in [0.5, 0.6) is 0 Å². The molecule has 0 amide bonds. The van der Waals surface area contributed by atoms with Crippen LogP contribution in [0.2, 0.25) is 0 Å². The number of halogens is 2. The number of aryl methyl sites for hydroxylation is 1. The molecule has 0 radical (unpaired) electrons. The molecule has 0 heterocycles. The van der Waals surface area contributed by atoms with Crippen molar-refractivity contribution in [2.24, 2.45) is 0 Å². The van der Waals surface area contributed by atoms with E-state index in [2.05, 4.69) is 21.2 Å². The van der Waals surface area contributed by atoms with E-state index in [1.807, 2.05) is 25.1 Å². The topological polar surface area (TPSA) is 49.3 Å². The van der Waals surface area contributed by atoms with Crippen molar-refractivity contribution in [3.05, 3.63) is 63.9 Å². The lowest BCUT2D eigenvalue weighted by Crippen LogP contribution is -2.21. The van der Waals surface area contributed by atoms with Crippen molar-refractivity contribution in [1.82, 2.24) is 0 Å². The highest BCUT2D eigenvalue weighted by Crippen LogP contribution is 2.25. The maximum atomic E-state index is 13.8. The molecule has 0 bridgehead atoms. The first-order valence-electron chi connectivity index (χ1n) is 5.98. The number of carbonyl (C=O) groups is 1. The first kappa shape index (κ1) is 14.5. The van der Waals surface area contributed by atoms with Gasteiger partial charge in [0.15, 0.2) is 6.04 Å². The molecular formula is C15H13BrFNO2. The van der Waals surface area contributed by atoms with Gasteiger partial charge in [0.1, 0.15) is 5.82 Å². The van der Waals surface area contributed by atoms with Crippen molar-refractivity contribution in [3.8, 4) is 0 Å². The Morgan fingerprint density at radius 2 is 2.05 bits per heavy atom. The molecular weight excluding hydrogens is 325 g/mol. The highest BCUT2D eigenvalue weighted by atomic mass is 79.9. The highest BCUT2D eigenvalue weighted by Gasteiger charge is 2.23. The number of hydrogen-bond donors (Lipinski definition) is 2. The monoisotopic (exact) mass is 337 g/mol. The van der Waals surface area contributed by atoms with Crippen LogP contribution in [0.1, 0.15) is 17.2 Å². The summed E-state index contributed by atoms with van der Waals surface area (Å²) in [6.07, 6.45) is 0. The number of aliphatic carboxylic acids is 1. The van der Waals surface area contributed by atoms with Gasteiger partial charge in [-0.1, -0.05) is 28.1 Å². The summed E-state index contributed by atoms with van der Waals surface area (Å²) in [4.78, 5) is 11.4. The predicted molar refractivity (Wildman–Crippen MR) is 79.3 cm³/mol. The second-order valence-corrected chi connectivity index (χ2v) is 5.37. The minimum absolute atomic E-state index is 0.0911. The minimum Gasteiger partial charge on any atom is -0.479 e. The van der Waals surface area contributed by atoms with E-state index in [1.54, 1.807) is 6.07 Å². The number of rotatable bonds is 4. The molecule has 0 spiro atoms. The lowest BCUT2D eigenvalue weighted by Gasteiger charge is -2.17. The van der Waals surface area contributed by atoms with Crippen molar-refractivity contribution >= 4 is 27.6 Å². The van der Waals surface area contributed by atoms with Crippen LogP contribution in [0, 0.1) is 12.7 Å². The first-order valence-corrected chi connectivity index (χ1v) is 6.77. The average molecular weight is 338 g/mol. The van der Waals surface area contributed by atoms with Crippen LogP contribution in [-0.2, 0) is 4.79 Å². The zero-order valence-corrected chi connectivity index (χ0v) is 12.3. The third-order valence-corrected chi connectivity index (χ3v) is 3.34. The quantitative estimate of drug-likeness (QED) is 0.881. The Kier molecular flexibility index (Phi) is 4.39. The van der Waals surface area contributed by atoms with E-state index in [1.165, 1.54) is 18.2 Å². The number of anilines is 1. The minimum atomic E-state index is -1.14. The molecule has 0 aromatic heterocycles. The molecule has 3 nitrogen and oxygen atoms in total. The Morgan fingerprint density at radius 1 is 1.30 bits per heavy atom. The fourth-order valence-corrected chi connectivity index (χ4v) is 2.29. The SMILES string of the molecule is Cc1cccc(NC(C(=O)O)c2cc(Br)ccc2F)c1. The van der Waals surface area contributed by atoms with Gasteiger partial charge in [0.25, 0.3) is 0 Å². The summed E-state index contributed by atoms with van der Waals surface area (Å²) in [5, 5.41) is 12.2. The van der Waals surface area contributed by atoms with Gasteiger partial charge >= 0.3 is 5.97 Å². The van der Waals surface area contributed by atoms with E-state index in [4.69, 9.17) is 0 Å². The normalized spacial score (nSPS) is 11.9. The number of hydrogen-bond acceptors (Lipinski definition) is 2. The van der Waals surface area contributed by atoms with Gasteiger partial charge in [-0.3, -0.25) is 0 Å². The number of benzene rings is 2. The third-order valence-electron chi connectivity index (χ3n) is 2.85. The van der Waals surface area contributed by atoms with Crippen molar-refractivity contribution < 1.29 is 14.3 Å². The van der Waals surface area contributed by atoms with E-state index in [-0.39, 0.29) is 5.56 Å². The first-order chi connectivity index (χ1) is 9.47. The van der Waals surface area contributed by atoms with Gasteiger partial charge in [-0.25, -0.2) is 9.18 Å². The molecule has 0 saturated heterocycles. The molecule has 1 atom stereocenters. The lowest BCUT2D eigenvalue weighted by atomic mass is 10.1. The van der Waals surface area contributed by atoms with E-state index in [0.717, 1.165) is 5.56 Å². The largest absolute Gasteiger partial charge is 0.479 e. The fraction of sp³-hybridized carbons (Fsp3) is 0.133. The van der Waals surface area contributed by atoms with Crippen LogP contribution in [0.15, 0.2) is 46.9 Å². The van der Waals surface area contributed by atoms with Gasteiger partial charge in [0, 0.05) is 15.7 Å². The van der Waals surface area contributed by atoms with Gasteiger partial charge < -0.3 is 10.4 Å². The zero-order chi connectivity index (χ0) is 14.7. The molecule has 104 valence electrons. The van der Waals surface area contributed by atoms with E-state index in [9.17, 15) is 14.3 Å². The van der Waals surface area contributed by atoms with Crippen LogP contribution in [0.3, 0.4) is 0 Å². The summed E-state index contributed by atoms with van der Waals surface area (Å²) in [5.41, 5.74) is 1.72. The molecule has 2 N–H and O–H groups in total. The molecule has 2 aromatic carbocycles. The summed E-state index contributed by atoms with van der Waals surface area (Å²) in [7, 11) is 0. The molecule has 1 unspecified atom stereocenters. The van der Waals surface area contributed by atoms with Gasteiger partial charge in [-0.05, 0) is 42.8 Å². The van der Waals surface area contributed by atoms with Gasteiger partial charge in [-0.2, -0.15) is 0 Å². The van der Waals surface area contributed by atoms with E-state index < -0.39 is 17.8 Å². The molecule has 20 heavy (non-hydrogen) atoms. The number of carboxylic acids is 1. The standard InChI is InChI=1S/C15H13BrFNO2/c1-9-3-2-4-11(7-9)18-14(15(19)20)12-8-10(16)5-6-13(12)17/h2-8,14,18H,1H3,(H,19,20). The van der Waals surface area contributed by atoms with Gasteiger partial charge in [-0.15, -0.1) is 0 Å². The molecule has 0 aliphatic rings. The van der Waals surface area contributed by atoms with Gasteiger partial charge in [0.2, 0.25) is 0 Å². The maximum Gasteiger partial charge on any atom is 0.330 e. The number of carboxylic acid groups (broad SMARTS) is 1. The van der Waals surface area contributed by atoms with Crippen molar-refractivity contribution in [2.45, 2.75) is 13.0 Å². The summed E-state index contributed by atoms with van der Waals surface area (Å²) in [6, 6.07) is 10.4. The summed E-state index contributed by atoms with van der Waals surface area (Å²) in [6.45, 7) is 1.90. The average Bonchev–Trinajstić information content (AvgIpc) is 2.39. The van der Waals surface area contributed by atoms with Crippen LogP contribution in [0.25, 0.3) is 0 Å². The molecule has 0 fully saturated rings. The zero-order valence-electron chi connectivity index (χ0n) is 10.7. The molecule has 0 saturated carbocycles. The van der Waals surface area contributed by atoms with E-state index in [0.29, 0.717) is 10.2 Å². The van der Waals surface area contributed by atoms with Crippen LogP contribution >= 0.6 is 15.9 Å². The predicted octanol–water partition coefficient (Wildman–Crippen LogP) is 4.13. The van der Waals surface area contributed by atoms with E-state index >= 15 is 0 Å². The Labute approximate surface area is 124 Å². The second-order valence-electron chi connectivity index (χ2n) is 4.45. The Bertz CT molecular complexity index is 646. The Balaban J connectivity index is 2.37. The van der Waals surface area contributed by atoms with Crippen LogP contribution in [-0.4, -0.2) is 11.1 Å². The Morgan fingerprint density at radius 3 is 2.70 bits per heavy atom. The van der Waals surface area contributed by atoms with Crippen LogP contribution in [0.4, 0.5) is 10.1 Å². The summed E-state index contributed by atoms with van der Waals surface area (Å²) < 4.78 is 14.5. The Hall–Kier alpha value is -1.88. The maximum absolute atomic E-state index is 13.8. The molecule has 0 aliphatic heterocycles. The van der Waals surface area contributed by atoms with Crippen molar-refractivity contribution in [2.75, 3.05) is 5.32 Å². The molecule has 5 heteroatoms. The summed E-state index contributed by atoms with van der Waals surface area (Å²) in [5.74, 6) is -1.69. The summed E-state index contributed by atoms with van der Waals surface area (Å²) >= 11 is 3.22. The van der Waals surface area contributed by atoms with Crippen molar-refractivity contribution in [1.29, 1.82) is 0 Å². The fourth-order valence-electron chi connectivity index (χ4n) is 1.91. The number of nitrogens with one attached hydrogen (secondary N) is 1. The highest BCUT2D eigenvalue weighted by molar-refractivity contribution is 9.10. The van der Waals surface area contributed by atoms with Crippen molar-refractivity contribution in [3.63, 3.8) is 0 Å². The smallest absolute Gasteiger partial charge is 0.330 e. The molecule has 0 aliphatic carbocycles. The second kappa shape index (κ2) is 6.05.